The highest BCUT2D eigenvalue weighted by Gasteiger charge is 2.03. The van der Waals surface area contributed by atoms with Gasteiger partial charge in [0.25, 0.3) is 0 Å². The minimum atomic E-state index is -0.571. The first kappa shape index (κ1) is 10.9. The molecule has 2 N–H and O–H groups in total. The smallest absolute Gasteiger partial charge is 0.133 e. The molecule has 0 radical (unpaired) electrons. The van der Waals surface area contributed by atoms with Crippen LogP contribution in [0.2, 0.25) is 0 Å². The first-order valence-corrected chi connectivity index (χ1v) is 4.39. The Morgan fingerprint density at radius 1 is 1.43 bits per heavy atom. The van der Waals surface area contributed by atoms with E-state index in [4.69, 9.17) is 5.73 Å². The van der Waals surface area contributed by atoms with Crippen molar-refractivity contribution >= 4 is 6.08 Å². The lowest BCUT2D eigenvalue weighted by Crippen LogP contribution is -2.15. The Bertz CT molecular complexity index is 356. The molecule has 0 saturated carbocycles. The molecule has 14 heavy (non-hydrogen) atoms. The van der Waals surface area contributed by atoms with Crippen molar-refractivity contribution in [1.29, 1.82) is 0 Å². The third-order valence-electron chi connectivity index (χ3n) is 2.06. The second-order valence-electron chi connectivity index (χ2n) is 3.34. The maximum absolute atomic E-state index is 13.1. The van der Waals surface area contributed by atoms with Gasteiger partial charge in [0.1, 0.15) is 11.6 Å². The zero-order valence-corrected chi connectivity index (χ0v) is 8.22. The minimum Gasteiger partial charge on any atom is -0.324 e. The molecule has 1 aromatic carbocycles. The van der Waals surface area contributed by atoms with Crippen molar-refractivity contribution in [2.75, 3.05) is 0 Å². The number of nitrogens with two attached hydrogens (primary N) is 1. The summed E-state index contributed by atoms with van der Waals surface area (Å²) in [6, 6.07) is 3.36. The lowest BCUT2D eigenvalue weighted by atomic mass is 10.1. The van der Waals surface area contributed by atoms with E-state index >= 15 is 0 Å². The van der Waals surface area contributed by atoms with E-state index in [1.165, 1.54) is 12.1 Å². The van der Waals surface area contributed by atoms with Gasteiger partial charge in [-0.25, -0.2) is 8.78 Å². The molecule has 0 spiro atoms. The first-order chi connectivity index (χ1) is 6.50. The van der Waals surface area contributed by atoms with Gasteiger partial charge in [-0.1, -0.05) is 11.6 Å². The van der Waals surface area contributed by atoms with Crippen molar-refractivity contribution in [3.05, 3.63) is 41.0 Å². The monoisotopic (exact) mass is 197 g/mol. The van der Waals surface area contributed by atoms with Gasteiger partial charge in [0.15, 0.2) is 0 Å². The summed E-state index contributed by atoms with van der Waals surface area (Å²) in [4.78, 5) is 0. The molecule has 0 bridgehead atoms. The van der Waals surface area contributed by atoms with E-state index in [1.807, 2.05) is 13.8 Å². The summed E-state index contributed by atoms with van der Waals surface area (Å²) in [7, 11) is 0. The lowest BCUT2D eigenvalue weighted by Gasteiger charge is -2.05. The number of hydrogen-bond donors (Lipinski definition) is 1. The summed E-state index contributed by atoms with van der Waals surface area (Å²) < 4.78 is 25.7. The second-order valence-corrected chi connectivity index (χ2v) is 3.34. The van der Waals surface area contributed by atoms with E-state index < -0.39 is 11.6 Å². The molecule has 0 amide bonds. The van der Waals surface area contributed by atoms with Crippen molar-refractivity contribution in [3.63, 3.8) is 0 Å². The van der Waals surface area contributed by atoms with Gasteiger partial charge in [-0.2, -0.15) is 0 Å². The molecular weight excluding hydrogens is 184 g/mol. The molecule has 1 nitrogen and oxygen atoms in total. The van der Waals surface area contributed by atoms with Crippen LogP contribution in [0.1, 0.15) is 19.4 Å². The molecule has 1 rings (SSSR count). The van der Waals surface area contributed by atoms with Crippen LogP contribution in [-0.2, 0) is 0 Å². The Morgan fingerprint density at radius 3 is 2.57 bits per heavy atom. The Hall–Kier alpha value is -1.22. The second kappa shape index (κ2) is 4.33. The Labute approximate surface area is 82.2 Å². The highest BCUT2D eigenvalue weighted by Crippen LogP contribution is 2.14. The van der Waals surface area contributed by atoms with Gasteiger partial charge >= 0.3 is 0 Å². The quantitative estimate of drug-likeness (QED) is 0.775. The third kappa shape index (κ3) is 2.64. The minimum absolute atomic E-state index is 0.126. The van der Waals surface area contributed by atoms with Crippen molar-refractivity contribution < 1.29 is 8.78 Å². The van der Waals surface area contributed by atoms with Crippen LogP contribution in [0.25, 0.3) is 6.08 Å². The van der Waals surface area contributed by atoms with E-state index in [1.54, 1.807) is 6.08 Å². The summed E-state index contributed by atoms with van der Waals surface area (Å²) in [5.41, 5.74) is 6.82. The van der Waals surface area contributed by atoms with Crippen molar-refractivity contribution in [3.8, 4) is 0 Å². The van der Waals surface area contributed by atoms with Gasteiger partial charge in [0.05, 0.1) is 0 Å². The van der Waals surface area contributed by atoms with E-state index in [0.717, 1.165) is 11.6 Å². The molecule has 0 saturated heterocycles. The fourth-order valence-corrected chi connectivity index (χ4v) is 0.995. The van der Waals surface area contributed by atoms with E-state index in [2.05, 4.69) is 0 Å². The van der Waals surface area contributed by atoms with Crippen LogP contribution in [-0.4, -0.2) is 6.04 Å². The standard InChI is InChI=1S/C11H13F2N/c1-7(8(2)14)5-9-3-4-10(12)6-11(9)13/h3-6,8H,14H2,1-2H3/b7-5+. The molecule has 1 atom stereocenters. The topological polar surface area (TPSA) is 26.0 Å². The van der Waals surface area contributed by atoms with Crippen LogP contribution in [0.5, 0.6) is 0 Å². The van der Waals surface area contributed by atoms with Crippen LogP contribution >= 0.6 is 0 Å². The van der Waals surface area contributed by atoms with E-state index in [-0.39, 0.29) is 6.04 Å². The zero-order chi connectivity index (χ0) is 10.7. The maximum atomic E-state index is 13.1. The van der Waals surface area contributed by atoms with Crippen LogP contribution in [0, 0.1) is 11.6 Å². The Morgan fingerprint density at radius 2 is 2.07 bits per heavy atom. The zero-order valence-electron chi connectivity index (χ0n) is 8.22. The van der Waals surface area contributed by atoms with E-state index in [9.17, 15) is 8.78 Å². The fourth-order valence-electron chi connectivity index (χ4n) is 0.995. The predicted octanol–water partition coefficient (Wildman–Crippen LogP) is 2.72. The first-order valence-electron chi connectivity index (χ1n) is 4.39. The molecule has 76 valence electrons. The van der Waals surface area contributed by atoms with Gasteiger partial charge < -0.3 is 5.73 Å². The average Bonchev–Trinajstić information content (AvgIpc) is 2.09. The lowest BCUT2D eigenvalue weighted by molar-refractivity contribution is 0.581. The SMILES string of the molecule is C/C(=C\c1ccc(F)cc1F)C(C)N. The molecule has 0 aromatic heterocycles. The number of benzene rings is 1. The van der Waals surface area contributed by atoms with Crippen LogP contribution < -0.4 is 5.73 Å². The van der Waals surface area contributed by atoms with Gasteiger partial charge in [-0.05, 0) is 26.0 Å². The molecule has 0 aliphatic heterocycles. The molecule has 0 aliphatic rings. The third-order valence-corrected chi connectivity index (χ3v) is 2.06. The molecule has 1 unspecified atom stereocenters. The van der Waals surface area contributed by atoms with Gasteiger partial charge in [0, 0.05) is 17.7 Å². The molecule has 0 fully saturated rings. The Balaban J connectivity index is 3.03. The number of rotatable bonds is 2. The molecule has 0 aliphatic carbocycles. The summed E-state index contributed by atoms with van der Waals surface area (Å²) in [5, 5.41) is 0. The van der Waals surface area contributed by atoms with Gasteiger partial charge in [0.2, 0.25) is 0 Å². The van der Waals surface area contributed by atoms with E-state index in [0.29, 0.717) is 5.56 Å². The largest absolute Gasteiger partial charge is 0.324 e. The highest BCUT2D eigenvalue weighted by atomic mass is 19.1. The summed E-state index contributed by atoms with van der Waals surface area (Å²) in [5.74, 6) is -1.14. The molecule has 1 aromatic rings. The number of halogens is 2. The van der Waals surface area contributed by atoms with Crippen molar-refractivity contribution in [1.82, 2.24) is 0 Å². The van der Waals surface area contributed by atoms with Gasteiger partial charge in [-0.3, -0.25) is 0 Å². The molecular formula is C11H13F2N. The van der Waals surface area contributed by atoms with Gasteiger partial charge in [-0.15, -0.1) is 0 Å². The van der Waals surface area contributed by atoms with Crippen LogP contribution in [0.4, 0.5) is 8.78 Å². The summed E-state index contributed by atoms with van der Waals surface area (Å²) >= 11 is 0. The van der Waals surface area contributed by atoms with Crippen molar-refractivity contribution in [2.24, 2.45) is 5.73 Å². The predicted molar refractivity (Wildman–Crippen MR) is 53.7 cm³/mol. The maximum Gasteiger partial charge on any atom is 0.133 e. The average molecular weight is 197 g/mol. The number of hydrogen-bond acceptors (Lipinski definition) is 1. The fraction of sp³-hybridized carbons (Fsp3) is 0.273. The highest BCUT2D eigenvalue weighted by molar-refractivity contribution is 5.53. The van der Waals surface area contributed by atoms with Crippen LogP contribution in [0.3, 0.4) is 0 Å². The normalized spacial score (nSPS) is 14.2. The molecule has 3 heteroatoms. The Kier molecular flexibility index (Phi) is 3.36. The molecule has 0 heterocycles. The summed E-state index contributed by atoms with van der Waals surface area (Å²) in [6.07, 6.45) is 1.62. The van der Waals surface area contributed by atoms with Crippen LogP contribution in [0.15, 0.2) is 23.8 Å². The van der Waals surface area contributed by atoms with Crippen molar-refractivity contribution in [2.45, 2.75) is 19.9 Å². The summed E-state index contributed by atoms with van der Waals surface area (Å²) in [6.45, 7) is 3.63.